The summed E-state index contributed by atoms with van der Waals surface area (Å²) < 4.78 is 13.8. The predicted molar refractivity (Wildman–Crippen MR) is 57.1 cm³/mol. The van der Waals surface area contributed by atoms with Gasteiger partial charge in [-0.05, 0) is 37.6 Å². The van der Waals surface area contributed by atoms with E-state index in [0.29, 0.717) is 18.4 Å². The van der Waals surface area contributed by atoms with Crippen molar-refractivity contribution < 1.29 is 4.39 Å². The van der Waals surface area contributed by atoms with Crippen LogP contribution in [0.4, 0.5) is 4.39 Å². The van der Waals surface area contributed by atoms with Crippen LogP contribution in [-0.2, 0) is 0 Å². The van der Waals surface area contributed by atoms with Gasteiger partial charge in [-0.1, -0.05) is 20.3 Å². The highest BCUT2D eigenvalue weighted by atomic mass is 19.1. The number of piperidine rings is 1. The minimum atomic E-state index is -0.579. The second kappa shape index (κ2) is 4.18. The van der Waals surface area contributed by atoms with Crippen molar-refractivity contribution in [3.05, 3.63) is 0 Å². The summed E-state index contributed by atoms with van der Waals surface area (Å²) in [6.45, 7) is 6.13. The average Bonchev–Trinajstić information content (AvgIpc) is 2.00. The number of rotatable bonds is 2. The van der Waals surface area contributed by atoms with Crippen LogP contribution in [0.15, 0.2) is 0 Å². The van der Waals surface area contributed by atoms with Crippen LogP contribution in [0.5, 0.6) is 0 Å². The SMILES string of the molecule is CC(C)C1CCN(C2CCC2)CC1F. The van der Waals surface area contributed by atoms with Crippen LogP contribution < -0.4 is 0 Å². The van der Waals surface area contributed by atoms with E-state index in [1.54, 1.807) is 0 Å². The third kappa shape index (κ3) is 1.95. The van der Waals surface area contributed by atoms with Crippen molar-refractivity contribution in [2.75, 3.05) is 13.1 Å². The Bertz CT molecular complexity index is 189. The number of nitrogens with zero attached hydrogens (tertiary/aromatic N) is 1. The summed E-state index contributed by atoms with van der Waals surface area (Å²) in [6.07, 6.45) is 4.45. The highest BCUT2D eigenvalue weighted by Crippen LogP contribution is 2.32. The van der Waals surface area contributed by atoms with Crippen LogP contribution in [-0.4, -0.2) is 30.2 Å². The Morgan fingerprint density at radius 2 is 1.93 bits per heavy atom. The minimum absolute atomic E-state index is 0.311. The van der Waals surface area contributed by atoms with Gasteiger partial charge < -0.3 is 0 Å². The first-order valence-electron chi connectivity index (χ1n) is 6.06. The standard InChI is InChI=1S/C12H22FN/c1-9(2)11-6-7-14(8-12(11)13)10-4-3-5-10/h9-12H,3-8H2,1-2H3. The first kappa shape index (κ1) is 10.4. The van der Waals surface area contributed by atoms with Gasteiger partial charge in [-0.3, -0.25) is 4.90 Å². The Morgan fingerprint density at radius 3 is 2.36 bits per heavy atom. The summed E-state index contributed by atoms with van der Waals surface area (Å²) >= 11 is 0. The lowest BCUT2D eigenvalue weighted by Crippen LogP contribution is -2.50. The summed E-state index contributed by atoms with van der Waals surface area (Å²) in [5.74, 6) is 0.819. The molecular weight excluding hydrogens is 177 g/mol. The number of alkyl halides is 1. The first-order valence-corrected chi connectivity index (χ1v) is 6.06. The van der Waals surface area contributed by atoms with Crippen molar-refractivity contribution >= 4 is 0 Å². The normalized spacial score (nSPS) is 36.0. The Labute approximate surface area is 86.7 Å². The summed E-state index contributed by atoms with van der Waals surface area (Å²) in [7, 11) is 0. The molecule has 2 unspecified atom stereocenters. The molecule has 2 atom stereocenters. The summed E-state index contributed by atoms with van der Waals surface area (Å²) in [4.78, 5) is 2.38. The van der Waals surface area contributed by atoms with Gasteiger partial charge in [-0.15, -0.1) is 0 Å². The molecular formula is C12H22FN. The molecule has 2 rings (SSSR count). The molecule has 2 fully saturated rings. The van der Waals surface area contributed by atoms with Gasteiger partial charge in [0, 0.05) is 12.6 Å². The molecule has 14 heavy (non-hydrogen) atoms. The van der Waals surface area contributed by atoms with Crippen molar-refractivity contribution in [1.29, 1.82) is 0 Å². The van der Waals surface area contributed by atoms with Crippen molar-refractivity contribution in [3.8, 4) is 0 Å². The number of halogens is 1. The summed E-state index contributed by atoms with van der Waals surface area (Å²) in [5.41, 5.74) is 0. The zero-order valence-corrected chi connectivity index (χ0v) is 9.38. The molecule has 0 N–H and O–H groups in total. The number of hydrogen-bond donors (Lipinski definition) is 0. The Kier molecular flexibility index (Phi) is 3.10. The molecule has 0 amide bonds. The molecule has 1 saturated carbocycles. The van der Waals surface area contributed by atoms with Crippen molar-refractivity contribution in [2.24, 2.45) is 11.8 Å². The lowest BCUT2D eigenvalue weighted by molar-refractivity contribution is 0.0153. The molecule has 1 heterocycles. The topological polar surface area (TPSA) is 3.24 Å². The summed E-state index contributed by atoms with van der Waals surface area (Å²) in [5, 5.41) is 0. The van der Waals surface area contributed by atoms with Gasteiger partial charge in [0.05, 0.1) is 0 Å². The van der Waals surface area contributed by atoms with E-state index in [0.717, 1.165) is 19.0 Å². The van der Waals surface area contributed by atoms with E-state index in [1.807, 2.05) is 0 Å². The fourth-order valence-corrected chi connectivity index (χ4v) is 2.78. The second-order valence-corrected chi connectivity index (χ2v) is 5.29. The monoisotopic (exact) mass is 199 g/mol. The van der Waals surface area contributed by atoms with Gasteiger partial charge in [0.2, 0.25) is 0 Å². The second-order valence-electron chi connectivity index (χ2n) is 5.29. The molecule has 2 heteroatoms. The van der Waals surface area contributed by atoms with Gasteiger partial charge in [0.1, 0.15) is 6.17 Å². The lowest BCUT2D eigenvalue weighted by atomic mass is 9.82. The maximum absolute atomic E-state index is 13.8. The van der Waals surface area contributed by atoms with E-state index < -0.39 is 6.17 Å². The maximum atomic E-state index is 13.8. The smallest absolute Gasteiger partial charge is 0.116 e. The molecule has 1 saturated heterocycles. The molecule has 2 aliphatic rings. The largest absolute Gasteiger partial charge is 0.297 e. The molecule has 1 nitrogen and oxygen atoms in total. The first-order chi connectivity index (χ1) is 6.68. The van der Waals surface area contributed by atoms with Crippen molar-refractivity contribution in [1.82, 2.24) is 4.90 Å². The zero-order chi connectivity index (χ0) is 10.1. The van der Waals surface area contributed by atoms with E-state index >= 15 is 0 Å². The molecule has 1 aliphatic carbocycles. The Balaban J connectivity index is 1.85. The number of likely N-dealkylation sites (tertiary alicyclic amines) is 1. The molecule has 0 spiro atoms. The van der Waals surface area contributed by atoms with Gasteiger partial charge in [0.25, 0.3) is 0 Å². The molecule has 0 radical (unpaired) electrons. The third-order valence-electron chi connectivity index (χ3n) is 4.07. The van der Waals surface area contributed by atoms with Crippen LogP contribution in [0.25, 0.3) is 0 Å². The van der Waals surface area contributed by atoms with Crippen LogP contribution in [0.2, 0.25) is 0 Å². The van der Waals surface area contributed by atoms with E-state index in [-0.39, 0.29) is 0 Å². The molecule has 82 valence electrons. The van der Waals surface area contributed by atoms with Gasteiger partial charge in [-0.2, -0.15) is 0 Å². The molecule has 0 bridgehead atoms. The van der Waals surface area contributed by atoms with E-state index in [9.17, 15) is 4.39 Å². The van der Waals surface area contributed by atoms with Crippen molar-refractivity contribution in [3.63, 3.8) is 0 Å². The van der Waals surface area contributed by atoms with E-state index in [1.165, 1.54) is 19.3 Å². The lowest BCUT2D eigenvalue weighted by Gasteiger charge is -2.44. The van der Waals surface area contributed by atoms with Crippen LogP contribution >= 0.6 is 0 Å². The predicted octanol–water partition coefficient (Wildman–Crippen LogP) is 2.85. The highest BCUT2D eigenvalue weighted by Gasteiger charge is 2.35. The molecule has 0 aromatic carbocycles. The fourth-order valence-electron chi connectivity index (χ4n) is 2.78. The van der Waals surface area contributed by atoms with Gasteiger partial charge >= 0.3 is 0 Å². The Hall–Kier alpha value is -0.110. The molecule has 1 aliphatic heterocycles. The third-order valence-corrected chi connectivity index (χ3v) is 4.07. The zero-order valence-electron chi connectivity index (χ0n) is 9.38. The Morgan fingerprint density at radius 1 is 1.21 bits per heavy atom. The van der Waals surface area contributed by atoms with Crippen molar-refractivity contribution in [2.45, 2.75) is 51.7 Å². The van der Waals surface area contributed by atoms with Crippen LogP contribution in [0, 0.1) is 11.8 Å². The minimum Gasteiger partial charge on any atom is -0.297 e. The van der Waals surface area contributed by atoms with Gasteiger partial charge in [0.15, 0.2) is 0 Å². The number of hydrogen-bond acceptors (Lipinski definition) is 1. The molecule has 0 aromatic rings. The average molecular weight is 199 g/mol. The highest BCUT2D eigenvalue weighted by molar-refractivity contribution is 4.88. The summed E-state index contributed by atoms with van der Waals surface area (Å²) in [6, 6.07) is 0.723. The van der Waals surface area contributed by atoms with E-state index in [2.05, 4.69) is 18.7 Å². The van der Waals surface area contributed by atoms with Crippen LogP contribution in [0.3, 0.4) is 0 Å². The maximum Gasteiger partial charge on any atom is 0.116 e. The quantitative estimate of drug-likeness (QED) is 0.661. The fraction of sp³-hybridized carbons (Fsp3) is 1.00. The van der Waals surface area contributed by atoms with Crippen LogP contribution in [0.1, 0.15) is 39.5 Å². The van der Waals surface area contributed by atoms with E-state index in [4.69, 9.17) is 0 Å². The molecule has 0 aromatic heterocycles. The van der Waals surface area contributed by atoms with Gasteiger partial charge in [-0.25, -0.2) is 4.39 Å².